The molecule has 1 heterocycles. The molecule has 116 valence electrons. The van der Waals surface area contributed by atoms with Gasteiger partial charge in [0, 0.05) is 16.2 Å². The van der Waals surface area contributed by atoms with Gasteiger partial charge in [0.2, 0.25) is 0 Å². The van der Waals surface area contributed by atoms with Crippen molar-refractivity contribution < 1.29 is 14.6 Å². The number of aromatic nitrogens is 1. The standard InChI is InChI=1S/C15H14Cl2N2O3/c16-11-6-10(7-12(17)8-11)14(20)15(21)19-4-5-22-13-2-1-3-18-9-13/h1-3,6-9,14,20H,4-5H2,(H,19,21). The number of halogens is 2. The molecule has 1 aromatic carbocycles. The van der Waals surface area contributed by atoms with Crippen LogP contribution in [0.4, 0.5) is 0 Å². The number of carbonyl (C=O) groups is 1. The number of nitrogens with one attached hydrogen (secondary N) is 1. The molecule has 0 aliphatic rings. The first-order valence-corrected chi connectivity index (χ1v) is 7.26. The highest BCUT2D eigenvalue weighted by Gasteiger charge is 2.17. The monoisotopic (exact) mass is 340 g/mol. The number of hydrogen-bond acceptors (Lipinski definition) is 4. The van der Waals surface area contributed by atoms with Crippen molar-refractivity contribution in [3.8, 4) is 5.75 Å². The molecule has 0 aliphatic heterocycles. The molecule has 2 aromatic rings. The third-order valence-corrected chi connectivity index (χ3v) is 3.19. The van der Waals surface area contributed by atoms with Crippen LogP contribution in [0.5, 0.6) is 5.75 Å². The summed E-state index contributed by atoms with van der Waals surface area (Å²) < 4.78 is 5.38. The van der Waals surface area contributed by atoms with E-state index in [9.17, 15) is 9.90 Å². The fourth-order valence-electron chi connectivity index (χ4n) is 1.76. The number of carbonyl (C=O) groups excluding carboxylic acids is 1. The molecule has 0 saturated carbocycles. The third kappa shape index (κ3) is 4.87. The van der Waals surface area contributed by atoms with E-state index in [1.807, 2.05) is 0 Å². The van der Waals surface area contributed by atoms with Gasteiger partial charge >= 0.3 is 0 Å². The molecule has 7 heteroatoms. The number of rotatable bonds is 6. The number of hydrogen-bond donors (Lipinski definition) is 2. The molecule has 2 rings (SSSR count). The van der Waals surface area contributed by atoms with Crippen molar-refractivity contribution >= 4 is 29.1 Å². The number of nitrogens with zero attached hydrogens (tertiary/aromatic N) is 1. The van der Waals surface area contributed by atoms with Gasteiger partial charge in [0.1, 0.15) is 12.4 Å². The highest BCUT2D eigenvalue weighted by atomic mass is 35.5. The maximum atomic E-state index is 11.9. The van der Waals surface area contributed by atoms with Gasteiger partial charge in [0.25, 0.3) is 5.91 Å². The Labute approximate surface area is 137 Å². The highest BCUT2D eigenvalue weighted by molar-refractivity contribution is 6.34. The first-order chi connectivity index (χ1) is 10.6. The summed E-state index contributed by atoms with van der Waals surface area (Å²) in [5.74, 6) is 0.0621. The summed E-state index contributed by atoms with van der Waals surface area (Å²) in [6, 6.07) is 8.02. The van der Waals surface area contributed by atoms with Crippen molar-refractivity contribution in [2.75, 3.05) is 13.2 Å². The number of aliphatic hydroxyl groups excluding tert-OH is 1. The maximum absolute atomic E-state index is 11.9. The van der Waals surface area contributed by atoms with Crippen LogP contribution in [-0.4, -0.2) is 29.1 Å². The lowest BCUT2D eigenvalue weighted by molar-refractivity contribution is -0.129. The second kappa shape index (κ2) is 7.98. The highest BCUT2D eigenvalue weighted by Crippen LogP contribution is 2.23. The first kappa shape index (κ1) is 16.5. The molecule has 0 aliphatic carbocycles. The Morgan fingerprint density at radius 1 is 1.32 bits per heavy atom. The van der Waals surface area contributed by atoms with Crippen molar-refractivity contribution in [2.24, 2.45) is 0 Å². The average Bonchev–Trinajstić information content (AvgIpc) is 2.50. The van der Waals surface area contributed by atoms with E-state index in [-0.39, 0.29) is 13.2 Å². The maximum Gasteiger partial charge on any atom is 0.253 e. The van der Waals surface area contributed by atoms with E-state index < -0.39 is 12.0 Å². The molecule has 1 atom stereocenters. The summed E-state index contributed by atoms with van der Waals surface area (Å²) in [6.45, 7) is 0.513. The average molecular weight is 341 g/mol. The molecule has 1 aromatic heterocycles. The molecule has 5 nitrogen and oxygen atoms in total. The van der Waals surface area contributed by atoms with E-state index in [0.29, 0.717) is 21.4 Å². The molecule has 0 bridgehead atoms. The van der Waals surface area contributed by atoms with Gasteiger partial charge in [-0.2, -0.15) is 0 Å². The van der Waals surface area contributed by atoms with Crippen LogP contribution in [0.15, 0.2) is 42.7 Å². The van der Waals surface area contributed by atoms with E-state index >= 15 is 0 Å². The van der Waals surface area contributed by atoms with Gasteiger partial charge in [-0.05, 0) is 35.9 Å². The molecule has 0 saturated heterocycles. The normalized spacial score (nSPS) is 11.8. The van der Waals surface area contributed by atoms with Gasteiger partial charge in [-0.1, -0.05) is 23.2 Å². The zero-order valence-electron chi connectivity index (χ0n) is 11.5. The van der Waals surface area contributed by atoms with Crippen LogP contribution in [0.2, 0.25) is 10.0 Å². The topological polar surface area (TPSA) is 71.5 Å². The van der Waals surface area contributed by atoms with E-state index in [1.165, 1.54) is 18.2 Å². The Bertz CT molecular complexity index is 618. The summed E-state index contributed by atoms with van der Waals surface area (Å²) in [6.07, 6.45) is 1.88. The summed E-state index contributed by atoms with van der Waals surface area (Å²) in [7, 11) is 0. The molecule has 22 heavy (non-hydrogen) atoms. The zero-order chi connectivity index (χ0) is 15.9. The molecule has 1 unspecified atom stereocenters. The van der Waals surface area contributed by atoms with E-state index in [2.05, 4.69) is 10.3 Å². The minimum absolute atomic E-state index is 0.249. The van der Waals surface area contributed by atoms with E-state index in [4.69, 9.17) is 27.9 Å². The lowest BCUT2D eigenvalue weighted by Crippen LogP contribution is -2.32. The van der Waals surface area contributed by atoms with Crippen LogP contribution in [0.1, 0.15) is 11.7 Å². The Morgan fingerprint density at radius 3 is 2.68 bits per heavy atom. The number of amides is 1. The third-order valence-electron chi connectivity index (χ3n) is 2.75. The molecular weight excluding hydrogens is 327 g/mol. The summed E-state index contributed by atoms with van der Waals surface area (Å²) in [5.41, 5.74) is 0.336. The predicted molar refractivity (Wildman–Crippen MR) is 84.2 cm³/mol. The van der Waals surface area contributed by atoms with Crippen LogP contribution in [0, 0.1) is 0 Å². The van der Waals surface area contributed by atoms with Gasteiger partial charge in [-0.15, -0.1) is 0 Å². The Hall–Kier alpha value is -1.82. The van der Waals surface area contributed by atoms with Crippen LogP contribution in [0.3, 0.4) is 0 Å². The second-order valence-electron chi connectivity index (χ2n) is 4.43. The SMILES string of the molecule is O=C(NCCOc1cccnc1)C(O)c1cc(Cl)cc(Cl)c1. The molecule has 1 amide bonds. The number of benzene rings is 1. The van der Waals surface area contributed by atoms with Gasteiger partial charge in [0.15, 0.2) is 6.10 Å². The van der Waals surface area contributed by atoms with Gasteiger partial charge in [0.05, 0.1) is 12.7 Å². The van der Waals surface area contributed by atoms with Crippen LogP contribution in [0.25, 0.3) is 0 Å². The van der Waals surface area contributed by atoms with Crippen LogP contribution < -0.4 is 10.1 Å². The predicted octanol–water partition coefficient (Wildman–Crippen LogP) is 2.62. The van der Waals surface area contributed by atoms with E-state index in [1.54, 1.807) is 24.5 Å². The minimum Gasteiger partial charge on any atom is -0.490 e. The summed E-state index contributed by atoms with van der Waals surface area (Å²) in [5, 5.41) is 13.3. The second-order valence-corrected chi connectivity index (χ2v) is 5.31. The van der Waals surface area contributed by atoms with Crippen molar-refractivity contribution in [3.63, 3.8) is 0 Å². The van der Waals surface area contributed by atoms with Crippen LogP contribution >= 0.6 is 23.2 Å². The van der Waals surface area contributed by atoms with Crippen molar-refractivity contribution in [3.05, 3.63) is 58.3 Å². The largest absolute Gasteiger partial charge is 0.490 e. The van der Waals surface area contributed by atoms with Crippen molar-refractivity contribution in [1.29, 1.82) is 0 Å². The Kier molecular flexibility index (Phi) is 6.00. The molecule has 0 fully saturated rings. The summed E-state index contributed by atoms with van der Waals surface area (Å²) >= 11 is 11.7. The number of aliphatic hydroxyl groups is 1. The lowest BCUT2D eigenvalue weighted by atomic mass is 10.1. The first-order valence-electron chi connectivity index (χ1n) is 6.51. The minimum atomic E-state index is -1.34. The molecular formula is C15H14Cl2N2O3. The van der Waals surface area contributed by atoms with Gasteiger partial charge in [-0.3, -0.25) is 9.78 Å². The molecule has 0 spiro atoms. The van der Waals surface area contributed by atoms with Gasteiger partial charge in [-0.25, -0.2) is 0 Å². The van der Waals surface area contributed by atoms with Crippen molar-refractivity contribution in [2.45, 2.75) is 6.10 Å². The van der Waals surface area contributed by atoms with Crippen molar-refractivity contribution in [1.82, 2.24) is 10.3 Å². The van der Waals surface area contributed by atoms with Crippen LogP contribution in [-0.2, 0) is 4.79 Å². The molecule has 2 N–H and O–H groups in total. The van der Waals surface area contributed by atoms with E-state index in [0.717, 1.165) is 0 Å². The Morgan fingerprint density at radius 2 is 2.05 bits per heavy atom. The lowest BCUT2D eigenvalue weighted by Gasteiger charge is -2.13. The zero-order valence-corrected chi connectivity index (χ0v) is 13.0. The quantitative estimate of drug-likeness (QED) is 0.793. The van der Waals surface area contributed by atoms with Gasteiger partial charge < -0.3 is 15.2 Å². The number of ether oxygens (including phenoxy) is 1. The molecule has 0 radical (unpaired) electrons. The Balaban J connectivity index is 1.81. The smallest absolute Gasteiger partial charge is 0.253 e. The fourth-order valence-corrected chi connectivity index (χ4v) is 2.30. The summed E-state index contributed by atoms with van der Waals surface area (Å²) in [4.78, 5) is 15.8. The fraction of sp³-hybridized carbons (Fsp3) is 0.200. The number of pyridine rings is 1.